The van der Waals surface area contributed by atoms with E-state index in [2.05, 4.69) is 245 Å². The Hall–Kier alpha value is -6.64. The van der Waals surface area contributed by atoms with Crippen LogP contribution in [0.5, 0.6) is 0 Å². The summed E-state index contributed by atoms with van der Waals surface area (Å²) < 4.78 is 2.50. The van der Waals surface area contributed by atoms with Crippen molar-refractivity contribution in [2.45, 2.75) is 52.4 Å². The molecule has 0 saturated carbocycles. The lowest BCUT2D eigenvalue weighted by Gasteiger charge is -2.44. The second-order valence-electron chi connectivity index (χ2n) is 17.9. The number of fused-ring (bicyclic) bond motifs is 4. The Morgan fingerprint density at radius 1 is 0.356 bits per heavy atom. The van der Waals surface area contributed by atoms with Crippen LogP contribution >= 0.6 is 0 Å². The number of aromatic nitrogens is 1. The van der Waals surface area contributed by atoms with Crippen molar-refractivity contribution >= 4 is 38.9 Å². The summed E-state index contributed by atoms with van der Waals surface area (Å²) in [6.07, 6.45) is 0. The van der Waals surface area contributed by atoms with Crippen molar-refractivity contribution in [1.29, 1.82) is 0 Å². The number of para-hydroxylation sites is 2. The van der Waals surface area contributed by atoms with E-state index in [1.165, 1.54) is 72.0 Å². The van der Waals surface area contributed by atoms with E-state index in [0.717, 1.165) is 17.1 Å². The molecule has 59 heavy (non-hydrogen) atoms. The number of benzene rings is 8. The van der Waals surface area contributed by atoms with E-state index >= 15 is 0 Å². The fourth-order valence-corrected chi connectivity index (χ4v) is 9.85. The fraction of sp³-hybridized carbons (Fsp3) is 0.158. The Balaban J connectivity index is 1.15. The van der Waals surface area contributed by atoms with E-state index in [1.54, 1.807) is 0 Å². The Morgan fingerprint density at radius 3 is 1.41 bits per heavy atom. The molecule has 0 bridgehead atoms. The van der Waals surface area contributed by atoms with E-state index in [0.29, 0.717) is 0 Å². The summed E-state index contributed by atoms with van der Waals surface area (Å²) >= 11 is 0. The molecule has 0 aliphatic heterocycles. The van der Waals surface area contributed by atoms with Crippen LogP contribution < -0.4 is 4.90 Å². The molecule has 0 spiro atoms. The minimum Gasteiger partial charge on any atom is -0.311 e. The molecule has 0 N–H and O–H groups in total. The van der Waals surface area contributed by atoms with Gasteiger partial charge in [0.25, 0.3) is 0 Å². The topological polar surface area (TPSA) is 8.17 Å². The van der Waals surface area contributed by atoms with Gasteiger partial charge in [0.05, 0.1) is 11.0 Å². The molecule has 10 rings (SSSR count). The lowest BCUT2D eigenvalue weighted by molar-refractivity contribution is 0.125. The Bertz CT molecular complexity index is 2950. The predicted molar refractivity (Wildman–Crippen MR) is 252 cm³/mol. The Morgan fingerprint density at radius 2 is 0.814 bits per heavy atom. The molecular weight excluding hydrogens is 713 g/mol. The van der Waals surface area contributed by atoms with Crippen LogP contribution in [0.15, 0.2) is 194 Å². The van der Waals surface area contributed by atoms with Crippen molar-refractivity contribution in [2.75, 3.05) is 4.90 Å². The highest BCUT2D eigenvalue weighted by atomic mass is 15.1. The average molecular weight is 763 g/mol. The maximum atomic E-state index is 2.50. The minimum atomic E-state index is 0.00482. The van der Waals surface area contributed by atoms with Crippen LogP contribution in [-0.4, -0.2) is 4.57 Å². The third-order valence-electron chi connectivity index (χ3n) is 14.3. The molecule has 288 valence electrons. The second-order valence-corrected chi connectivity index (χ2v) is 17.9. The van der Waals surface area contributed by atoms with Crippen molar-refractivity contribution in [1.82, 2.24) is 4.57 Å². The van der Waals surface area contributed by atoms with Crippen molar-refractivity contribution in [3.8, 4) is 39.1 Å². The highest BCUT2D eigenvalue weighted by molar-refractivity contribution is 6.12. The number of nitrogens with zero attached hydrogens (tertiary/aromatic N) is 2. The van der Waals surface area contributed by atoms with E-state index in [4.69, 9.17) is 0 Å². The quantitative estimate of drug-likeness (QED) is 0.157. The fourth-order valence-electron chi connectivity index (χ4n) is 9.85. The summed E-state index contributed by atoms with van der Waals surface area (Å²) in [4.78, 5) is 2.32. The van der Waals surface area contributed by atoms with Gasteiger partial charge in [-0.25, -0.2) is 0 Å². The van der Waals surface area contributed by atoms with Gasteiger partial charge in [-0.15, -0.1) is 0 Å². The monoisotopic (exact) mass is 762 g/mol. The largest absolute Gasteiger partial charge is 0.311 e. The van der Waals surface area contributed by atoms with E-state index in [1.807, 2.05) is 0 Å². The van der Waals surface area contributed by atoms with Gasteiger partial charge in [0.1, 0.15) is 0 Å². The first-order chi connectivity index (χ1) is 28.5. The van der Waals surface area contributed by atoms with Crippen LogP contribution in [0, 0.1) is 5.41 Å². The highest BCUT2D eigenvalue weighted by Crippen LogP contribution is 2.61. The van der Waals surface area contributed by atoms with Gasteiger partial charge < -0.3 is 9.47 Å². The summed E-state index contributed by atoms with van der Waals surface area (Å²) in [6, 6.07) is 71.2. The molecule has 0 radical (unpaired) electrons. The van der Waals surface area contributed by atoms with Crippen molar-refractivity contribution in [3.05, 3.63) is 205 Å². The van der Waals surface area contributed by atoms with E-state index < -0.39 is 0 Å². The van der Waals surface area contributed by atoms with Crippen LogP contribution in [0.2, 0.25) is 0 Å². The summed E-state index contributed by atoms with van der Waals surface area (Å²) in [5.74, 6) is 0. The third kappa shape index (κ3) is 5.76. The van der Waals surface area contributed by atoms with Crippen molar-refractivity contribution in [3.63, 3.8) is 0 Å². The Kier molecular flexibility index (Phi) is 8.54. The molecule has 0 amide bonds. The summed E-state index contributed by atoms with van der Waals surface area (Å²) in [5.41, 5.74) is 17.4. The number of anilines is 3. The maximum absolute atomic E-state index is 2.50. The van der Waals surface area contributed by atoms with Gasteiger partial charge >= 0.3 is 0 Å². The predicted octanol–water partition coefficient (Wildman–Crippen LogP) is 15.8. The first kappa shape index (κ1) is 36.7. The van der Waals surface area contributed by atoms with E-state index in [-0.39, 0.29) is 16.2 Å². The van der Waals surface area contributed by atoms with Crippen LogP contribution in [0.4, 0.5) is 17.1 Å². The standard InChI is InChI=1S/C57H50N2/c1-55(2)51-33-32-46(38-52(51)56(3,4)57(55,5)6)59-53-34-28-41(39-26-30-45(31-27-39)58(43-20-12-8-13-21-43)44-22-14-9-15-23-44)36-49(53)50-37-42(29-35-54(50)59)48-25-17-16-24-47(48)40-18-10-7-11-19-40/h7-38H,1-6H3. The van der Waals surface area contributed by atoms with Crippen LogP contribution in [0.1, 0.15) is 52.7 Å². The zero-order valence-corrected chi connectivity index (χ0v) is 34.9. The number of hydrogen-bond donors (Lipinski definition) is 0. The van der Waals surface area contributed by atoms with Gasteiger partial charge in [-0.1, -0.05) is 163 Å². The third-order valence-corrected chi connectivity index (χ3v) is 14.3. The van der Waals surface area contributed by atoms with Crippen LogP contribution in [0.3, 0.4) is 0 Å². The van der Waals surface area contributed by atoms with Gasteiger partial charge in [0, 0.05) is 33.5 Å². The zero-order chi connectivity index (χ0) is 40.5. The lowest BCUT2D eigenvalue weighted by atomic mass is 9.59. The molecule has 1 aliphatic carbocycles. The lowest BCUT2D eigenvalue weighted by Crippen LogP contribution is -2.42. The van der Waals surface area contributed by atoms with Gasteiger partial charge in [-0.2, -0.15) is 0 Å². The SMILES string of the molecule is CC1(C)c2ccc(-n3c4ccc(-c5ccc(N(c6ccccc6)c6ccccc6)cc5)cc4c4cc(-c5ccccc5-c5ccccc5)ccc43)cc2C(C)(C)C1(C)C. The molecule has 9 aromatic rings. The normalized spacial score (nSPS) is 15.0. The first-order valence-electron chi connectivity index (χ1n) is 20.9. The van der Waals surface area contributed by atoms with Gasteiger partial charge in [-0.05, 0) is 134 Å². The molecular formula is C57H50N2. The molecule has 1 heterocycles. The van der Waals surface area contributed by atoms with Gasteiger partial charge in [0.15, 0.2) is 0 Å². The molecule has 0 saturated heterocycles. The van der Waals surface area contributed by atoms with Gasteiger partial charge in [0.2, 0.25) is 0 Å². The zero-order valence-electron chi connectivity index (χ0n) is 34.9. The molecule has 1 aliphatic rings. The molecule has 0 atom stereocenters. The smallest absolute Gasteiger partial charge is 0.0541 e. The number of hydrogen-bond acceptors (Lipinski definition) is 1. The number of rotatable bonds is 7. The maximum Gasteiger partial charge on any atom is 0.0541 e. The second kappa shape index (κ2) is 13.7. The van der Waals surface area contributed by atoms with Crippen molar-refractivity contribution in [2.24, 2.45) is 5.41 Å². The Labute approximate surface area is 349 Å². The average Bonchev–Trinajstić information content (AvgIpc) is 3.65. The van der Waals surface area contributed by atoms with Crippen LogP contribution in [0.25, 0.3) is 60.9 Å². The molecule has 0 fully saturated rings. The van der Waals surface area contributed by atoms with Crippen LogP contribution in [-0.2, 0) is 10.8 Å². The highest BCUT2D eigenvalue weighted by Gasteiger charge is 2.56. The molecule has 2 heteroatoms. The first-order valence-corrected chi connectivity index (χ1v) is 20.9. The van der Waals surface area contributed by atoms with E-state index in [9.17, 15) is 0 Å². The van der Waals surface area contributed by atoms with Gasteiger partial charge in [-0.3, -0.25) is 0 Å². The molecule has 8 aromatic carbocycles. The van der Waals surface area contributed by atoms with Crippen molar-refractivity contribution < 1.29 is 0 Å². The molecule has 1 aromatic heterocycles. The summed E-state index contributed by atoms with van der Waals surface area (Å²) in [6.45, 7) is 14.6. The summed E-state index contributed by atoms with van der Waals surface area (Å²) in [7, 11) is 0. The minimum absolute atomic E-state index is 0.00482. The molecule has 2 nitrogen and oxygen atoms in total. The molecule has 0 unspecified atom stereocenters. The summed E-state index contributed by atoms with van der Waals surface area (Å²) in [5, 5.41) is 2.50.